The van der Waals surface area contributed by atoms with Gasteiger partial charge >= 0.3 is 0 Å². The number of rotatable bonds is 5. The zero-order chi connectivity index (χ0) is 20.0. The minimum atomic E-state index is -0.0106. The number of nitrogens with one attached hydrogen (secondary N) is 1. The van der Waals surface area contributed by atoms with Crippen molar-refractivity contribution in [3.63, 3.8) is 0 Å². The largest absolute Gasteiger partial charge is 0.309 e. The fourth-order valence-electron chi connectivity index (χ4n) is 4.51. The van der Waals surface area contributed by atoms with Gasteiger partial charge in [0.1, 0.15) is 10.7 Å². The number of benzene rings is 1. The third-order valence-corrected chi connectivity index (χ3v) is 7.96. The van der Waals surface area contributed by atoms with Crippen molar-refractivity contribution in [1.82, 2.24) is 9.97 Å². The molecule has 1 amide bonds. The molecule has 3 heterocycles. The first-order chi connectivity index (χ1) is 14.1. The van der Waals surface area contributed by atoms with Gasteiger partial charge in [0.2, 0.25) is 5.91 Å². The Bertz CT molecular complexity index is 1150. The number of aromatic amines is 1. The Morgan fingerprint density at radius 2 is 2.21 bits per heavy atom. The molecule has 5 rings (SSSR count). The SMILES string of the molecule is CC1Cc2ccccc2N1C(=O)CCSCc1nc2sc3c(c2c(=O)[nH]1)CCC3. The number of H-pyrrole nitrogens is 1. The molecule has 0 bridgehead atoms. The lowest BCUT2D eigenvalue weighted by Gasteiger charge is -2.22. The second kappa shape index (κ2) is 7.61. The highest BCUT2D eigenvalue weighted by Gasteiger charge is 2.30. The summed E-state index contributed by atoms with van der Waals surface area (Å²) in [5.74, 6) is 2.21. The first kappa shape index (κ1) is 18.9. The number of aromatic nitrogens is 2. The van der Waals surface area contributed by atoms with Crippen molar-refractivity contribution in [2.24, 2.45) is 0 Å². The molecule has 5 nitrogen and oxygen atoms in total. The monoisotopic (exact) mass is 425 g/mol. The fourth-order valence-corrected chi connectivity index (χ4v) is 6.58. The predicted octanol–water partition coefficient (Wildman–Crippen LogP) is 4.07. The van der Waals surface area contributed by atoms with Gasteiger partial charge in [-0.15, -0.1) is 11.3 Å². The van der Waals surface area contributed by atoms with Crippen LogP contribution in [0.5, 0.6) is 0 Å². The van der Waals surface area contributed by atoms with E-state index in [1.54, 1.807) is 23.1 Å². The van der Waals surface area contributed by atoms with E-state index in [1.165, 1.54) is 16.0 Å². The Morgan fingerprint density at radius 1 is 1.34 bits per heavy atom. The quantitative estimate of drug-likeness (QED) is 0.626. The van der Waals surface area contributed by atoms with Crippen LogP contribution in [-0.2, 0) is 29.8 Å². The molecule has 0 fully saturated rings. The number of anilines is 1. The van der Waals surface area contributed by atoms with Crippen LogP contribution in [0.25, 0.3) is 10.2 Å². The number of para-hydroxylation sites is 1. The lowest BCUT2D eigenvalue weighted by atomic mass is 10.1. The molecule has 2 aliphatic rings. The summed E-state index contributed by atoms with van der Waals surface area (Å²) in [7, 11) is 0. The van der Waals surface area contributed by atoms with Gasteiger partial charge in [-0.05, 0) is 49.8 Å². The van der Waals surface area contributed by atoms with Gasteiger partial charge < -0.3 is 9.88 Å². The van der Waals surface area contributed by atoms with Crippen molar-refractivity contribution in [3.8, 4) is 0 Å². The van der Waals surface area contributed by atoms with Gasteiger partial charge in [-0.25, -0.2) is 4.98 Å². The molecular formula is C22H23N3O2S2. The lowest BCUT2D eigenvalue weighted by Crippen LogP contribution is -2.35. The van der Waals surface area contributed by atoms with E-state index in [0.717, 1.165) is 41.6 Å². The minimum Gasteiger partial charge on any atom is -0.309 e. The summed E-state index contributed by atoms with van der Waals surface area (Å²) >= 11 is 3.32. The molecule has 0 saturated heterocycles. The van der Waals surface area contributed by atoms with Gasteiger partial charge in [0.15, 0.2) is 0 Å². The van der Waals surface area contributed by atoms with E-state index in [0.29, 0.717) is 23.8 Å². The van der Waals surface area contributed by atoms with Gasteiger partial charge in [-0.1, -0.05) is 18.2 Å². The molecule has 29 heavy (non-hydrogen) atoms. The summed E-state index contributed by atoms with van der Waals surface area (Å²) in [6, 6.07) is 8.37. The van der Waals surface area contributed by atoms with E-state index in [2.05, 4.69) is 23.0 Å². The molecule has 0 spiro atoms. The molecule has 150 valence electrons. The van der Waals surface area contributed by atoms with Crippen molar-refractivity contribution in [1.29, 1.82) is 0 Å². The minimum absolute atomic E-state index is 0.0106. The maximum atomic E-state index is 12.8. The molecule has 1 aliphatic heterocycles. The zero-order valence-electron chi connectivity index (χ0n) is 16.4. The summed E-state index contributed by atoms with van der Waals surface area (Å²) in [5.41, 5.74) is 3.50. The maximum Gasteiger partial charge on any atom is 0.259 e. The molecule has 7 heteroatoms. The average molecular weight is 426 g/mol. The van der Waals surface area contributed by atoms with Crippen LogP contribution in [0.4, 0.5) is 5.69 Å². The van der Waals surface area contributed by atoms with E-state index in [-0.39, 0.29) is 17.5 Å². The molecule has 0 radical (unpaired) electrons. The van der Waals surface area contributed by atoms with E-state index < -0.39 is 0 Å². The molecule has 3 aromatic rings. The van der Waals surface area contributed by atoms with Crippen LogP contribution < -0.4 is 10.5 Å². The van der Waals surface area contributed by atoms with Crippen molar-refractivity contribution in [3.05, 3.63) is 56.4 Å². The van der Waals surface area contributed by atoms with Crippen LogP contribution in [0.3, 0.4) is 0 Å². The Hall–Kier alpha value is -2.12. The number of thioether (sulfide) groups is 1. The topological polar surface area (TPSA) is 66.1 Å². The summed E-state index contributed by atoms with van der Waals surface area (Å²) in [4.78, 5) is 37.1. The Morgan fingerprint density at radius 3 is 3.10 bits per heavy atom. The third-order valence-electron chi connectivity index (χ3n) is 5.80. The van der Waals surface area contributed by atoms with E-state index in [1.807, 2.05) is 23.1 Å². The van der Waals surface area contributed by atoms with E-state index in [4.69, 9.17) is 0 Å². The van der Waals surface area contributed by atoms with Crippen molar-refractivity contribution in [2.45, 2.75) is 50.8 Å². The maximum absolute atomic E-state index is 12.8. The van der Waals surface area contributed by atoms with E-state index in [9.17, 15) is 9.59 Å². The number of carbonyl (C=O) groups is 1. The zero-order valence-corrected chi connectivity index (χ0v) is 18.0. The van der Waals surface area contributed by atoms with Gasteiger partial charge in [-0.2, -0.15) is 11.8 Å². The number of hydrogen-bond acceptors (Lipinski definition) is 5. The van der Waals surface area contributed by atoms with Crippen LogP contribution in [0.2, 0.25) is 0 Å². The molecule has 1 N–H and O–H groups in total. The van der Waals surface area contributed by atoms with Gasteiger partial charge in [-0.3, -0.25) is 9.59 Å². The molecule has 1 unspecified atom stereocenters. The molecule has 1 atom stereocenters. The Kier molecular flexibility index (Phi) is 4.95. The van der Waals surface area contributed by atoms with Crippen LogP contribution in [-0.4, -0.2) is 27.7 Å². The molecule has 0 saturated carbocycles. The molecular weight excluding hydrogens is 402 g/mol. The van der Waals surface area contributed by atoms with Crippen LogP contribution in [0.1, 0.15) is 41.6 Å². The molecule has 2 aromatic heterocycles. The van der Waals surface area contributed by atoms with Crippen LogP contribution in [0.15, 0.2) is 29.1 Å². The first-order valence-corrected chi connectivity index (χ1v) is 12.1. The molecule has 1 aliphatic carbocycles. The highest BCUT2D eigenvalue weighted by Crippen LogP contribution is 2.35. The van der Waals surface area contributed by atoms with Gasteiger partial charge in [0, 0.05) is 28.8 Å². The standard InChI is InChI=1S/C22H23N3O2S2/c1-13-11-14-5-2-3-7-16(14)25(13)19(26)9-10-28-12-18-23-21(27)20-15-6-4-8-17(15)29-22(20)24-18/h2-3,5,7,13H,4,6,8-12H2,1H3,(H,23,24,27). The number of fused-ring (bicyclic) bond motifs is 4. The van der Waals surface area contributed by atoms with Crippen LogP contribution >= 0.6 is 23.1 Å². The normalized spacial score (nSPS) is 17.7. The van der Waals surface area contributed by atoms with Gasteiger partial charge in [0.05, 0.1) is 11.1 Å². The Balaban J connectivity index is 1.21. The van der Waals surface area contributed by atoms with Crippen molar-refractivity contribution in [2.75, 3.05) is 10.7 Å². The number of carbonyl (C=O) groups excluding carboxylic acids is 1. The number of thiophene rings is 1. The Labute approximate surface area is 177 Å². The summed E-state index contributed by atoms with van der Waals surface area (Å²) < 4.78 is 0. The van der Waals surface area contributed by atoms with Crippen molar-refractivity contribution < 1.29 is 4.79 Å². The first-order valence-electron chi connectivity index (χ1n) is 10.1. The summed E-state index contributed by atoms with van der Waals surface area (Å²) in [5, 5.41) is 0.799. The predicted molar refractivity (Wildman–Crippen MR) is 120 cm³/mol. The second-order valence-electron chi connectivity index (χ2n) is 7.80. The number of aryl methyl sites for hydroxylation is 2. The van der Waals surface area contributed by atoms with Gasteiger partial charge in [0.25, 0.3) is 5.56 Å². The summed E-state index contributed by atoms with van der Waals surface area (Å²) in [6.45, 7) is 2.10. The smallest absolute Gasteiger partial charge is 0.259 e. The molecule has 1 aromatic carbocycles. The fraction of sp³-hybridized carbons (Fsp3) is 0.409. The number of hydrogen-bond donors (Lipinski definition) is 1. The van der Waals surface area contributed by atoms with Crippen molar-refractivity contribution >= 4 is 44.9 Å². The lowest BCUT2D eigenvalue weighted by molar-refractivity contribution is -0.118. The highest BCUT2D eigenvalue weighted by molar-refractivity contribution is 7.98. The summed E-state index contributed by atoms with van der Waals surface area (Å²) in [6.07, 6.45) is 4.62. The highest BCUT2D eigenvalue weighted by atomic mass is 32.2. The number of nitrogens with zero attached hydrogens (tertiary/aromatic N) is 2. The third kappa shape index (κ3) is 3.40. The average Bonchev–Trinajstić information content (AvgIpc) is 3.36. The second-order valence-corrected chi connectivity index (χ2v) is 9.99. The van der Waals surface area contributed by atoms with E-state index >= 15 is 0 Å². The number of amides is 1. The van der Waals surface area contributed by atoms with Crippen LogP contribution in [0, 0.1) is 0 Å².